The summed E-state index contributed by atoms with van der Waals surface area (Å²) < 4.78 is 0. The zero-order valence-corrected chi connectivity index (χ0v) is 17.5. The Morgan fingerprint density at radius 1 is 0.750 bits per heavy atom. The lowest BCUT2D eigenvalue weighted by molar-refractivity contribution is -0.139. The van der Waals surface area contributed by atoms with Crippen LogP contribution in [0.5, 0.6) is 0 Å². The van der Waals surface area contributed by atoms with E-state index in [-0.39, 0.29) is 12.5 Å². The normalized spacial score (nSPS) is 11.8. The Labute approximate surface area is 186 Å². The van der Waals surface area contributed by atoms with Crippen LogP contribution in [-0.2, 0) is 11.2 Å². The molecule has 0 aromatic heterocycles. The number of carboxylic acid groups (broad SMARTS) is 1. The number of hydrogen-bond donors (Lipinski definition) is 3. The highest BCUT2D eigenvalue weighted by Gasteiger charge is 2.17. The summed E-state index contributed by atoms with van der Waals surface area (Å²) in [5.41, 5.74) is 3.02. The first-order valence-corrected chi connectivity index (χ1v) is 10.5. The molecule has 160 valence electrons. The minimum absolute atomic E-state index is 0.0309. The van der Waals surface area contributed by atoms with Gasteiger partial charge >= 0.3 is 5.97 Å². The molecule has 5 nitrogen and oxygen atoms in total. The molecule has 0 aliphatic rings. The number of ketones is 1. The average molecular weight is 425 g/mol. The number of rotatable bonds is 9. The molecular weight excluding hydrogens is 400 g/mol. The number of fused-ring (bicyclic) bond motifs is 1. The highest BCUT2D eigenvalue weighted by atomic mass is 16.4. The van der Waals surface area contributed by atoms with Gasteiger partial charge in [-0.15, -0.1) is 0 Å². The molecule has 32 heavy (non-hydrogen) atoms. The fraction of sp³-hybridized carbons (Fsp3) is 0.111. The molecule has 1 atom stereocenters. The van der Waals surface area contributed by atoms with Gasteiger partial charge < -0.3 is 10.4 Å². The van der Waals surface area contributed by atoms with E-state index in [0.717, 1.165) is 22.0 Å². The van der Waals surface area contributed by atoms with Crippen molar-refractivity contribution in [3.8, 4) is 0 Å². The first-order chi connectivity index (χ1) is 15.6. The molecule has 0 unspecified atom stereocenters. The second-order valence-corrected chi connectivity index (χ2v) is 7.61. The molecule has 0 amide bonds. The molecular formula is C27H24N2O3. The summed E-state index contributed by atoms with van der Waals surface area (Å²) in [5, 5.41) is 18.1. The van der Waals surface area contributed by atoms with E-state index in [1.54, 1.807) is 24.3 Å². The zero-order chi connectivity index (χ0) is 22.3. The SMILES string of the molecule is O=C(c1ccccc1)c1ccc(NCN[C@H](Cc2ccc3ccccc3c2)C(=O)O)cc1. The van der Waals surface area contributed by atoms with Crippen LogP contribution in [0, 0.1) is 0 Å². The zero-order valence-electron chi connectivity index (χ0n) is 17.5. The van der Waals surface area contributed by atoms with Crippen LogP contribution in [0.4, 0.5) is 5.69 Å². The molecule has 0 fully saturated rings. The van der Waals surface area contributed by atoms with E-state index in [9.17, 15) is 14.7 Å². The van der Waals surface area contributed by atoms with Crippen LogP contribution in [0.1, 0.15) is 21.5 Å². The predicted molar refractivity (Wildman–Crippen MR) is 127 cm³/mol. The van der Waals surface area contributed by atoms with Crippen LogP contribution in [0.3, 0.4) is 0 Å². The van der Waals surface area contributed by atoms with Gasteiger partial charge in [0, 0.05) is 16.8 Å². The number of nitrogens with one attached hydrogen (secondary N) is 2. The Morgan fingerprint density at radius 2 is 1.41 bits per heavy atom. The van der Waals surface area contributed by atoms with E-state index < -0.39 is 12.0 Å². The summed E-state index contributed by atoms with van der Waals surface area (Å²) in [4.78, 5) is 24.2. The summed E-state index contributed by atoms with van der Waals surface area (Å²) >= 11 is 0. The maximum atomic E-state index is 12.5. The Balaban J connectivity index is 1.34. The third-order valence-corrected chi connectivity index (χ3v) is 5.38. The molecule has 0 aliphatic heterocycles. The number of carboxylic acids is 1. The van der Waals surface area contributed by atoms with Crippen LogP contribution >= 0.6 is 0 Å². The van der Waals surface area contributed by atoms with Gasteiger partial charge in [-0.05, 0) is 47.0 Å². The van der Waals surface area contributed by atoms with Crippen molar-refractivity contribution in [3.05, 3.63) is 114 Å². The van der Waals surface area contributed by atoms with Crippen molar-refractivity contribution in [2.75, 3.05) is 12.0 Å². The Kier molecular flexibility index (Phi) is 6.58. The van der Waals surface area contributed by atoms with Crippen molar-refractivity contribution in [3.63, 3.8) is 0 Å². The van der Waals surface area contributed by atoms with Gasteiger partial charge in [-0.25, -0.2) is 0 Å². The number of hydrogen-bond acceptors (Lipinski definition) is 4. The lowest BCUT2D eigenvalue weighted by atomic mass is 10.0. The van der Waals surface area contributed by atoms with Gasteiger partial charge in [0.25, 0.3) is 0 Å². The minimum Gasteiger partial charge on any atom is -0.480 e. The van der Waals surface area contributed by atoms with Crippen molar-refractivity contribution >= 4 is 28.2 Å². The third-order valence-electron chi connectivity index (χ3n) is 5.38. The number of carbonyl (C=O) groups is 2. The molecule has 4 aromatic rings. The Morgan fingerprint density at radius 3 is 2.12 bits per heavy atom. The smallest absolute Gasteiger partial charge is 0.321 e. The van der Waals surface area contributed by atoms with Crippen molar-refractivity contribution in [1.82, 2.24) is 5.32 Å². The van der Waals surface area contributed by atoms with Gasteiger partial charge in [-0.2, -0.15) is 0 Å². The van der Waals surface area contributed by atoms with Gasteiger partial charge in [-0.3, -0.25) is 14.9 Å². The number of benzene rings is 4. The molecule has 0 radical (unpaired) electrons. The van der Waals surface area contributed by atoms with E-state index in [1.807, 2.05) is 72.8 Å². The lowest BCUT2D eigenvalue weighted by Gasteiger charge is -2.16. The number of anilines is 1. The van der Waals surface area contributed by atoms with E-state index in [4.69, 9.17) is 0 Å². The molecule has 0 bridgehead atoms. The van der Waals surface area contributed by atoms with Crippen molar-refractivity contribution < 1.29 is 14.7 Å². The maximum absolute atomic E-state index is 12.5. The standard InChI is InChI=1S/C27H24N2O3/c30-26(21-7-2-1-3-8-21)22-12-14-24(15-13-22)28-18-29-25(27(31)32)17-19-10-11-20-6-4-5-9-23(20)16-19/h1-16,25,28-29H,17-18H2,(H,31,32)/t25-/m1/s1. The fourth-order valence-electron chi connectivity index (χ4n) is 3.62. The summed E-state index contributed by atoms with van der Waals surface area (Å²) in [6.07, 6.45) is 0.381. The van der Waals surface area contributed by atoms with Crippen LogP contribution in [0.2, 0.25) is 0 Å². The monoisotopic (exact) mass is 424 g/mol. The average Bonchev–Trinajstić information content (AvgIpc) is 2.84. The van der Waals surface area contributed by atoms with Gasteiger partial charge in [0.05, 0.1) is 6.67 Å². The largest absolute Gasteiger partial charge is 0.480 e. The number of carbonyl (C=O) groups excluding carboxylic acids is 1. The van der Waals surface area contributed by atoms with Crippen LogP contribution in [0.15, 0.2) is 97.1 Å². The summed E-state index contributed by atoms with van der Waals surface area (Å²) in [6, 6.07) is 29.6. The van der Waals surface area contributed by atoms with E-state index in [2.05, 4.69) is 10.6 Å². The van der Waals surface area contributed by atoms with Gasteiger partial charge in [-0.1, -0.05) is 72.8 Å². The van der Waals surface area contributed by atoms with Crippen molar-refractivity contribution in [2.24, 2.45) is 0 Å². The number of aliphatic carboxylic acids is 1. The molecule has 5 heteroatoms. The second kappa shape index (κ2) is 9.90. The van der Waals surface area contributed by atoms with Crippen LogP contribution in [-0.4, -0.2) is 29.6 Å². The van der Waals surface area contributed by atoms with Gasteiger partial charge in [0.1, 0.15) is 6.04 Å². The van der Waals surface area contributed by atoms with Crippen molar-refractivity contribution in [1.29, 1.82) is 0 Å². The highest BCUT2D eigenvalue weighted by molar-refractivity contribution is 6.09. The van der Waals surface area contributed by atoms with Gasteiger partial charge in [0.15, 0.2) is 5.78 Å². The Bertz CT molecular complexity index is 1220. The Hall–Kier alpha value is -3.96. The minimum atomic E-state index is -0.899. The molecule has 0 aliphatic carbocycles. The molecule has 0 saturated heterocycles. The highest BCUT2D eigenvalue weighted by Crippen LogP contribution is 2.17. The van der Waals surface area contributed by atoms with Crippen molar-refractivity contribution in [2.45, 2.75) is 12.5 Å². The quantitative estimate of drug-likeness (QED) is 0.268. The third kappa shape index (κ3) is 5.20. The molecule has 0 spiro atoms. The van der Waals surface area contributed by atoms with Crippen LogP contribution < -0.4 is 10.6 Å². The first kappa shape index (κ1) is 21.3. The lowest BCUT2D eigenvalue weighted by Crippen LogP contribution is -2.41. The maximum Gasteiger partial charge on any atom is 0.321 e. The topological polar surface area (TPSA) is 78.4 Å². The molecule has 3 N–H and O–H groups in total. The van der Waals surface area contributed by atoms with E-state index in [1.165, 1.54) is 0 Å². The molecule has 4 rings (SSSR count). The molecule has 0 saturated carbocycles. The summed E-state index contributed by atoms with van der Waals surface area (Å²) in [6.45, 7) is 0.288. The predicted octanol–water partition coefficient (Wildman–Crippen LogP) is 4.73. The van der Waals surface area contributed by atoms with Gasteiger partial charge in [0.2, 0.25) is 0 Å². The van der Waals surface area contributed by atoms with E-state index in [0.29, 0.717) is 17.5 Å². The summed E-state index contributed by atoms with van der Waals surface area (Å²) in [7, 11) is 0. The fourth-order valence-corrected chi connectivity index (χ4v) is 3.62. The van der Waals surface area contributed by atoms with E-state index >= 15 is 0 Å². The first-order valence-electron chi connectivity index (χ1n) is 10.5. The molecule has 4 aromatic carbocycles. The summed E-state index contributed by atoms with van der Waals surface area (Å²) in [5.74, 6) is -0.930. The second-order valence-electron chi connectivity index (χ2n) is 7.61. The molecule has 0 heterocycles. The van der Waals surface area contributed by atoms with Crippen LogP contribution in [0.25, 0.3) is 10.8 Å².